The van der Waals surface area contributed by atoms with E-state index in [2.05, 4.69) is 41.2 Å². The van der Waals surface area contributed by atoms with E-state index in [0.29, 0.717) is 47.0 Å². The molecule has 3 aliphatic carbocycles. The number of carbonyl (C=O) groups excluding carboxylic acids is 1. The number of hydrogen-bond acceptors (Lipinski definition) is 4. The summed E-state index contributed by atoms with van der Waals surface area (Å²) in [5.41, 5.74) is 4.99. The van der Waals surface area contributed by atoms with Crippen LogP contribution in [0.4, 0.5) is 0 Å². The highest BCUT2D eigenvalue weighted by Crippen LogP contribution is 2.61. The standard InChI is InChI=1S/C27H31N3O2/c1-27(8-3-2-4-9-27)25(32)21-13-28-26-24(21)30-23(14-29-26)17-7-5-6-16(10-17)18-11-19-20(12-18)22(19)15-31/h5-7,10,13-14,18-20,22,31H,2-4,8-9,11-12,15H2,1H3,(H,28,29)/t18?,19-,20+,22?. The van der Waals surface area contributed by atoms with Crippen molar-refractivity contribution in [1.82, 2.24) is 15.0 Å². The summed E-state index contributed by atoms with van der Waals surface area (Å²) >= 11 is 0. The van der Waals surface area contributed by atoms with Crippen molar-refractivity contribution in [2.24, 2.45) is 23.2 Å². The van der Waals surface area contributed by atoms with E-state index in [0.717, 1.165) is 36.9 Å². The monoisotopic (exact) mass is 429 g/mol. The number of nitrogens with zero attached hydrogens (tertiary/aromatic N) is 2. The number of aromatic amines is 1. The van der Waals surface area contributed by atoms with Crippen LogP contribution in [0.15, 0.2) is 36.7 Å². The van der Waals surface area contributed by atoms with Gasteiger partial charge in [0, 0.05) is 23.8 Å². The van der Waals surface area contributed by atoms with E-state index in [1.54, 1.807) is 6.20 Å². The summed E-state index contributed by atoms with van der Waals surface area (Å²) in [6.45, 7) is 2.45. The second kappa shape index (κ2) is 7.51. The molecule has 6 rings (SSSR count). The van der Waals surface area contributed by atoms with E-state index in [4.69, 9.17) is 4.98 Å². The van der Waals surface area contributed by atoms with Crippen LogP contribution in [-0.4, -0.2) is 32.4 Å². The fraction of sp³-hybridized carbons (Fsp3) is 0.519. The number of nitrogens with one attached hydrogen (secondary N) is 1. The largest absolute Gasteiger partial charge is 0.396 e. The molecule has 0 amide bonds. The number of ketones is 1. The van der Waals surface area contributed by atoms with E-state index in [1.165, 1.54) is 24.8 Å². The predicted octanol–water partition coefficient (Wildman–Crippen LogP) is 5.51. The second-order valence-electron chi connectivity index (χ2n) is 10.6. The predicted molar refractivity (Wildman–Crippen MR) is 124 cm³/mol. The van der Waals surface area contributed by atoms with Crippen LogP contribution in [0.2, 0.25) is 0 Å². The van der Waals surface area contributed by atoms with Crippen LogP contribution < -0.4 is 0 Å². The summed E-state index contributed by atoms with van der Waals surface area (Å²) in [5, 5.41) is 9.45. The maximum Gasteiger partial charge on any atom is 0.172 e. The molecule has 3 fully saturated rings. The van der Waals surface area contributed by atoms with Gasteiger partial charge >= 0.3 is 0 Å². The summed E-state index contributed by atoms with van der Waals surface area (Å²) in [6.07, 6.45) is 11.3. The number of aliphatic hydroxyl groups is 1. The fourth-order valence-corrected chi connectivity index (χ4v) is 6.56. The van der Waals surface area contributed by atoms with Crippen molar-refractivity contribution in [3.63, 3.8) is 0 Å². The third-order valence-electron chi connectivity index (χ3n) is 8.62. The Bertz CT molecular complexity index is 1160. The first-order valence-corrected chi connectivity index (χ1v) is 12.2. The number of carbonyl (C=O) groups is 1. The minimum atomic E-state index is -0.291. The Morgan fingerprint density at radius 2 is 1.97 bits per heavy atom. The van der Waals surface area contributed by atoms with Gasteiger partial charge in [-0.25, -0.2) is 9.97 Å². The van der Waals surface area contributed by atoms with Gasteiger partial charge in [0.25, 0.3) is 0 Å². The van der Waals surface area contributed by atoms with Gasteiger partial charge in [0.1, 0.15) is 5.52 Å². The van der Waals surface area contributed by atoms with E-state index in [-0.39, 0.29) is 11.2 Å². The summed E-state index contributed by atoms with van der Waals surface area (Å²) in [5.74, 6) is 2.73. The summed E-state index contributed by atoms with van der Waals surface area (Å²) in [7, 11) is 0. The minimum Gasteiger partial charge on any atom is -0.396 e. The van der Waals surface area contributed by atoms with Crippen molar-refractivity contribution in [3.8, 4) is 11.3 Å². The molecule has 3 aliphatic rings. The zero-order chi connectivity index (χ0) is 21.9. The van der Waals surface area contributed by atoms with Crippen molar-refractivity contribution < 1.29 is 9.90 Å². The lowest BCUT2D eigenvalue weighted by Gasteiger charge is -2.31. The molecule has 0 aliphatic heterocycles. The molecule has 5 nitrogen and oxygen atoms in total. The van der Waals surface area contributed by atoms with Crippen molar-refractivity contribution in [3.05, 3.63) is 47.8 Å². The van der Waals surface area contributed by atoms with Crippen molar-refractivity contribution >= 4 is 16.9 Å². The number of Topliss-reactive ketones (excluding diaryl/α,β-unsaturated/α-hetero) is 1. The second-order valence-corrected chi connectivity index (χ2v) is 10.6. The Kier molecular flexibility index (Phi) is 4.72. The third kappa shape index (κ3) is 3.21. The molecule has 2 aromatic heterocycles. The topological polar surface area (TPSA) is 78.9 Å². The molecule has 2 N–H and O–H groups in total. The zero-order valence-corrected chi connectivity index (χ0v) is 18.7. The van der Waals surface area contributed by atoms with Gasteiger partial charge in [0.05, 0.1) is 17.5 Å². The maximum absolute atomic E-state index is 13.5. The maximum atomic E-state index is 13.5. The number of fused-ring (bicyclic) bond motifs is 2. The molecule has 3 aromatic rings. The van der Waals surface area contributed by atoms with Crippen molar-refractivity contribution in [2.75, 3.05) is 6.61 Å². The number of rotatable bonds is 5. The highest BCUT2D eigenvalue weighted by atomic mass is 16.3. The van der Waals surface area contributed by atoms with Crippen LogP contribution >= 0.6 is 0 Å². The fourth-order valence-electron chi connectivity index (χ4n) is 6.56. The first-order chi connectivity index (χ1) is 15.6. The van der Waals surface area contributed by atoms with E-state index >= 15 is 0 Å². The molecular weight excluding hydrogens is 398 g/mol. The van der Waals surface area contributed by atoms with Crippen LogP contribution in [0.25, 0.3) is 22.4 Å². The van der Waals surface area contributed by atoms with Crippen LogP contribution in [0.5, 0.6) is 0 Å². The number of hydrogen-bond donors (Lipinski definition) is 2. The Labute approximate surface area is 188 Å². The molecular formula is C27H31N3O2. The van der Waals surface area contributed by atoms with Gasteiger partial charge in [-0.15, -0.1) is 0 Å². The number of aromatic nitrogens is 3. The van der Waals surface area contributed by atoms with E-state index < -0.39 is 0 Å². The lowest BCUT2D eigenvalue weighted by atomic mass is 9.71. The van der Waals surface area contributed by atoms with Crippen molar-refractivity contribution in [2.45, 2.75) is 57.8 Å². The van der Waals surface area contributed by atoms with Gasteiger partial charge in [-0.3, -0.25) is 4.79 Å². The summed E-state index contributed by atoms with van der Waals surface area (Å²) in [6, 6.07) is 8.65. The minimum absolute atomic E-state index is 0.201. The van der Waals surface area contributed by atoms with E-state index in [9.17, 15) is 9.90 Å². The average Bonchev–Trinajstić information content (AvgIpc) is 3.15. The lowest BCUT2D eigenvalue weighted by Crippen LogP contribution is -2.30. The smallest absolute Gasteiger partial charge is 0.172 e. The quantitative estimate of drug-likeness (QED) is 0.524. The van der Waals surface area contributed by atoms with Gasteiger partial charge in [0.2, 0.25) is 0 Å². The summed E-state index contributed by atoms with van der Waals surface area (Å²) in [4.78, 5) is 26.1. The molecule has 0 saturated heterocycles. The van der Waals surface area contributed by atoms with Gasteiger partial charge in [-0.05, 0) is 61.0 Å². The molecule has 1 aromatic carbocycles. The lowest BCUT2D eigenvalue weighted by molar-refractivity contribution is 0.0751. The normalized spacial score (nSPS) is 28.6. The molecule has 2 heterocycles. The first kappa shape index (κ1) is 20.1. The van der Waals surface area contributed by atoms with Gasteiger partial charge in [-0.2, -0.15) is 0 Å². The number of benzene rings is 1. The van der Waals surface area contributed by atoms with Crippen LogP contribution in [-0.2, 0) is 0 Å². The number of H-pyrrole nitrogens is 1. The zero-order valence-electron chi connectivity index (χ0n) is 18.7. The molecule has 32 heavy (non-hydrogen) atoms. The van der Waals surface area contributed by atoms with Crippen LogP contribution in [0.3, 0.4) is 0 Å². The van der Waals surface area contributed by atoms with E-state index in [1.807, 2.05) is 6.20 Å². The molecule has 0 bridgehead atoms. The highest BCUT2D eigenvalue weighted by Gasteiger charge is 2.55. The Hall–Kier alpha value is -2.53. The average molecular weight is 430 g/mol. The summed E-state index contributed by atoms with van der Waals surface area (Å²) < 4.78 is 0. The SMILES string of the molecule is CC1(C(=O)c2c[nH]c3ncc(-c4cccc(C5C[C@@H]6C(CO)[C@@H]6C5)c4)nc23)CCCCC1. The molecule has 4 atom stereocenters. The Balaban J connectivity index is 1.30. The van der Waals surface area contributed by atoms with Gasteiger partial charge in [-0.1, -0.05) is 44.4 Å². The molecule has 2 unspecified atom stereocenters. The van der Waals surface area contributed by atoms with Gasteiger partial charge in [0.15, 0.2) is 11.4 Å². The molecule has 166 valence electrons. The van der Waals surface area contributed by atoms with Crippen LogP contribution in [0, 0.1) is 23.2 Å². The highest BCUT2D eigenvalue weighted by molar-refractivity contribution is 6.08. The number of aliphatic hydroxyl groups excluding tert-OH is 1. The molecule has 0 radical (unpaired) electrons. The Morgan fingerprint density at radius 1 is 1.19 bits per heavy atom. The first-order valence-electron chi connectivity index (χ1n) is 12.2. The van der Waals surface area contributed by atoms with Crippen molar-refractivity contribution in [1.29, 1.82) is 0 Å². The third-order valence-corrected chi connectivity index (χ3v) is 8.62. The Morgan fingerprint density at radius 3 is 2.72 bits per heavy atom. The van der Waals surface area contributed by atoms with Crippen LogP contribution in [0.1, 0.15) is 73.7 Å². The molecule has 3 saturated carbocycles. The molecule has 5 heteroatoms. The van der Waals surface area contributed by atoms with Gasteiger partial charge < -0.3 is 10.1 Å². The molecule has 0 spiro atoms.